The van der Waals surface area contributed by atoms with Gasteiger partial charge in [0.15, 0.2) is 10.9 Å². The molecule has 0 saturated heterocycles. The zero-order valence-electron chi connectivity index (χ0n) is 8.51. The zero-order chi connectivity index (χ0) is 12.2. The first kappa shape index (κ1) is 12.8. The lowest BCUT2D eigenvalue weighted by Crippen LogP contribution is -2.11. The number of nitrogens with zero attached hydrogens (tertiary/aromatic N) is 2. The van der Waals surface area contributed by atoms with Gasteiger partial charge < -0.3 is 5.32 Å². The molecule has 0 bridgehead atoms. The van der Waals surface area contributed by atoms with Crippen LogP contribution in [0.15, 0.2) is 23.9 Å². The van der Waals surface area contributed by atoms with Crippen molar-refractivity contribution >= 4 is 17.6 Å². The summed E-state index contributed by atoms with van der Waals surface area (Å²) in [5.74, 6) is 0.145. The van der Waals surface area contributed by atoms with Gasteiger partial charge in [-0.3, -0.25) is 0 Å². The van der Waals surface area contributed by atoms with Crippen LogP contribution in [0.3, 0.4) is 0 Å². The minimum absolute atomic E-state index is 0.0846. The Bertz CT molecular complexity index is 379. The molecule has 0 amide bonds. The van der Waals surface area contributed by atoms with Gasteiger partial charge in [-0.05, 0) is 6.26 Å². The number of hydrogen-bond acceptors (Lipinski definition) is 4. The average Bonchev–Trinajstić information content (AvgIpc) is 2.24. The van der Waals surface area contributed by atoms with Gasteiger partial charge in [0.05, 0.1) is 0 Å². The van der Waals surface area contributed by atoms with Crippen LogP contribution in [0, 0.1) is 0 Å². The second-order valence-corrected chi connectivity index (χ2v) is 3.57. The molecule has 0 aliphatic carbocycles. The van der Waals surface area contributed by atoms with E-state index < -0.39 is 11.9 Å². The standard InChI is InChI=1S/C9H10F3N3S/c1-3-4-13-7-5-6(9(10,11)12)14-8(15-7)16-2/h3,5H,1,4H2,2H3,(H,13,14,15). The highest BCUT2D eigenvalue weighted by molar-refractivity contribution is 7.98. The first-order valence-corrected chi connectivity index (χ1v) is 5.55. The highest BCUT2D eigenvalue weighted by Gasteiger charge is 2.33. The summed E-state index contributed by atoms with van der Waals surface area (Å²) in [5, 5.41) is 2.78. The second kappa shape index (κ2) is 5.20. The minimum Gasteiger partial charge on any atom is -0.366 e. The number of halogens is 3. The lowest BCUT2D eigenvalue weighted by molar-refractivity contribution is -0.141. The van der Waals surface area contributed by atoms with Crippen LogP contribution in [0.25, 0.3) is 0 Å². The van der Waals surface area contributed by atoms with Crippen LogP contribution in [0.1, 0.15) is 5.69 Å². The van der Waals surface area contributed by atoms with Gasteiger partial charge >= 0.3 is 6.18 Å². The third-order valence-electron chi connectivity index (χ3n) is 1.61. The summed E-state index contributed by atoms with van der Waals surface area (Å²) in [7, 11) is 0. The van der Waals surface area contributed by atoms with Gasteiger partial charge in [0, 0.05) is 12.6 Å². The second-order valence-electron chi connectivity index (χ2n) is 2.79. The number of hydrogen-bond donors (Lipinski definition) is 1. The fraction of sp³-hybridized carbons (Fsp3) is 0.333. The van der Waals surface area contributed by atoms with E-state index in [1.807, 2.05) is 0 Å². The van der Waals surface area contributed by atoms with Gasteiger partial charge in [0.25, 0.3) is 0 Å². The first-order valence-electron chi connectivity index (χ1n) is 4.32. The molecule has 88 valence electrons. The maximum absolute atomic E-state index is 12.5. The van der Waals surface area contributed by atoms with Crippen molar-refractivity contribution in [2.75, 3.05) is 18.1 Å². The lowest BCUT2D eigenvalue weighted by Gasteiger charge is -2.09. The number of rotatable bonds is 4. The molecule has 1 heterocycles. The third-order valence-corrected chi connectivity index (χ3v) is 2.15. The first-order chi connectivity index (χ1) is 7.47. The molecule has 0 saturated carbocycles. The van der Waals surface area contributed by atoms with E-state index in [2.05, 4.69) is 21.9 Å². The van der Waals surface area contributed by atoms with Crippen molar-refractivity contribution in [1.29, 1.82) is 0 Å². The van der Waals surface area contributed by atoms with Crippen LogP contribution >= 0.6 is 11.8 Å². The molecular weight excluding hydrogens is 239 g/mol. The van der Waals surface area contributed by atoms with E-state index in [1.165, 1.54) is 6.08 Å². The van der Waals surface area contributed by atoms with Crippen LogP contribution in [-0.2, 0) is 6.18 Å². The predicted octanol–water partition coefficient (Wildman–Crippen LogP) is 2.82. The Morgan fingerprint density at radius 3 is 2.69 bits per heavy atom. The van der Waals surface area contributed by atoms with Crippen molar-refractivity contribution in [2.45, 2.75) is 11.3 Å². The smallest absolute Gasteiger partial charge is 0.366 e. The molecule has 0 aliphatic rings. The number of nitrogens with one attached hydrogen (secondary N) is 1. The zero-order valence-corrected chi connectivity index (χ0v) is 9.32. The van der Waals surface area contributed by atoms with E-state index in [4.69, 9.17) is 0 Å². The van der Waals surface area contributed by atoms with E-state index in [9.17, 15) is 13.2 Å². The fourth-order valence-electron chi connectivity index (χ4n) is 0.929. The van der Waals surface area contributed by atoms with E-state index in [1.54, 1.807) is 6.26 Å². The van der Waals surface area contributed by atoms with Crippen molar-refractivity contribution in [2.24, 2.45) is 0 Å². The average molecular weight is 249 g/mol. The van der Waals surface area contributed by atoms with Crippen LogP contribution in [-0.4, -0.2) is 22.8 Å². The monoisotopic (exact) mass is 249 g/mol. The third kappa shape index (κ3) is 3.41. The summed E-state index contributed by atoms with van der Waals surface area (Å²) in [4.78, 5) is 7.29. The molecule has 1 aromatic heterocycles. The van der Waals surface area contributed by atoms with Gasteiger partial charge in [-0.15, -0.1) is 6.58 Å². The molecule has 1 rings (SSSR count). The summed E-state index contributed by atoms with van der Waals surface area (Å²) >= 11 is 1.06. The highest BCUT2D eigenvalue weighted by Crippen LogP contribution is 2.30. The molecule has 3 nitrogen and oxygen atoms in total. The fourth-order valence-corrected chi connectivity index (χ4v) is 1.31. The topological polar surface area (TPSA) is 37.8 Å². The maximum atomic E-state index is 12.5. The molecule has 0 spiro atoms. The van der Waals surface area contributed by atoms with Crippen molar-refractivity contribution < 1.29 is 13.2 Å². The molecule has 0 fully saturated rings. The highest BCUT2D eigenvalue weighted by atomic mass is 32.2. The molecule has 0 atom stereocenters. The molecule has 0 unspecified atom stereocenters. The Morgan fingerprint density at radius 2 is 2.19 bits per heavy atom. The van der Waals surface area contributed by atoms with Gasteiger partial charge in [-0.2, -0.15) is 13.2 Å². The van der Waals surface area contributed by atoms with Gasteiger partial charge in [0.1, 0.15) is 5.82 Å². The van der Waals surface area contributed by atoms with Crippen LogP contribution < -0.4 is 5.32 Å². The molecule has 1 aromatic rings. The maximum Gasteiger partial charge on any atom is 0.433 e. The quantitative estimate of drug-likeness (QED) is 0.506. The largest absolute Gasteiger partial charge is 0.433 e. The number of anilines is 1. The van der Waals surface area contributed by atoms with Gasteiger partial charge in [-0.25, -0.2) is 9.97 Å². The molecular formula is C9H10F3N3S. The SMILES string of the molecule is C=CCNc1cc(C(F)(F)F)nc(SC)n1. The Labute approximate surface area is 95.2 Å². The van der Waals surface area contributed by atoms with E-state index in [0.717, 1.165) is 17.8 Å². The van der Waals surface area contributed by atoms with Crippen molar-refractivity contribution in [3.05, 3.63) is 24.4 Å². The minimum atomic E-state index is -4.46. The van der Waals surface area contributed by atoms with Crippen LogP contribution in [0.2, 0.25) is 0 Å². The normalized spacial score (nSPS) is 11.2. The lowest BCUT2D eigenvalue weighted by atomic mass is 10.4. The summed E-state index contributed by atoms with van der Waals surface area (Å²) < 4.78 is 37.4. The summed E-state index contributed by atoms with van der Waals surface area (Å²) in [6.45, 7) is 3.81. The van der Waals surface area contributed by atoms with E-state index >= 15 is 0 Å². The Morgan fingerprint density at radius 1 is 1.50 bits per heavy atom. The van der Waals surface area contributed by atoms with E-state index in [-0.39, 0.29) is 11.0 Å². The molecule has 0 radical (unpaired) electrons. The van der Waals surface area contributed by atoms with Crippen LogP contribution in [0.5, 0.6) is 0 Å². The molecule has 1 N–H and O–H groups in total. The van der Waals surface area contributed by atoms with Crippen LogP contribution in [0.4, 0.5) is 19.0 Å². The Kier molecular flexibility index (Phi) is 4.17. The van der Waals surface area contributed by atoms with Crippen molar-refractivity contribution in [3.8, 4) is 0 Å². The van der Waals surface area contributed by atoms with Gasteiger partial charge in [0.2, 0.25) is 0 Å². The van der Waals surface area contributed by atoms with Crippen molar-refractivity contribution in [1.82, 2.24) is 9.97 Å². The van der Waals surface area contributed by atoms with Gasteiger partial charge in [-0.1, -0.05) is 17.8 Å². The number of alkyl halides is 3. The Hall–Kier alpha value is -1.24. The number of aromatic nitrogens is 2. The summed E-state index contributed by atoms with van der Waals surface area (Å²) in [6, 6.07) is 0.878. The van der Waals surface area contributed by atoms with Crippen molar-refractivity contribution in [3.63, 3.8) is 0 Å². The molecule has 7 heteroatoms. The summed E-state index contributed by atoms with van der Waals surface area (Å²) in [5.41, 5.74) is -0.946. The molecule has 0 aliphatic heterocycles. The predicted molar refractivity (Wildman–Crippen MR) is 57.5 cm³/mol. The molecule has 16 heavy (non-hydrogen) atoms. The van der Waals surface area contributed by atoms with E-state index in [0.29, 0.717) is 6.54 Å². The summed E-state index contributed by atoms with van der Waals surface area (Å²) in [6.07, 6.45) is -1.31. The Balaban J connectivity index is 3.05. The number of thioether (sulfide) groups is 1. The molecule has 0 aromatic carbocycles.